The number of fused-ring (bicyclic) bond motifs is 1. The van der Waals surface area contributed by atoms with Gasteiger partial charge in [0.2, 0.25) is 5.91 Å². The first-order valence-corrected chi connectivity index (χ1v) is 11.2. The topological polar surface area (TPSA) is 80.2 Å². The Morgan fingerprint density at radius 2 is 1.62 bits per heavy atom. The van der Waals surface area contributed by atoms with Gasteiger partial charge < -0.3 is 14.8 Å². The number of aromatic nitrogens is 1. The quantitative estimate of drug-likeness (QED) is 0.682. The zero-order valence-corrected chi connectivity index (χ0v) is 18.2. The van der Waals surface area contributed by atoms with Gasteiger partial charge in [-0.15, -0.1) is 0 Å². The van der Waals surface area contributed by atoms with Crippen LogP contribution in [-0.2, 0) is 4.79 Å². The molecule has 0 radical (unpaired) electrons. The number of rotatable bonds is 3. The Kier molecular flexibility index (Phi) is 4.97. The SMILES string of the molecule is CC1(C(=O)N2CCN(C(=O)c3ccc(-c4ccc5[nH]cc(C#N)c5c4)cc3)CC2)CCC1. The van der Waals surface area contributed by atoms with E-state index in [-0.39, 0.29) is 17.2 Å². The molecular weight excluding hydrogens is 400 g/mol. The molecule has 0 unspecified atom stereocenters. The second kappa shape index (κ2) is 7.83. The van der Waals surface area contributed by atoms with Crippen LogP contribution >= 0.6 is 0 Å². The number of aromatic amines is 1. The molecule has 6 nitrogen and oxygen atoms in total. The molecule has 2 aliphatic rings. The van der Waals surface area contributed by atoms with Gasteiger partial charge in [-0.25, -0.2) is 0 Å². The van der Waals surface area contributed by atoms with Crippen molar-refractivity contribution in [2.75, 3.05) is 26.2 Å². The van der Waals surface area contributed by atoms with Crippen molar-refractivity contribution < 1.29 is 9.59 Å². The van der Waals surface area contributed by atoms with Crippen molar-refractivity contribution in [1.82, 2.24) is 14.8 Å². The number of hydrogen-bond donors (Lipinski definition) is 1. The maximum atomic E-state index is 13.0. The summed E-state index contributed by atoms with van der Waals surface area (Å²) in [6, 6.07) is 15.8. The monoisotopic (exact) mass is 426 g/mol. The molecule has 2 fully saturated rings. The Hall–Kier alpha value is -3.59. The van der Waals surface area contributed by atoms with Gasteiger partial charge in [0, 0.05) is 54.3 Å². The summed E-state index contributed by atoms with van der Waals surface area (Å²) >= 11 is 0. The van der Waals surface area contributed by atoms with Crippen molar-refractivity contribution in [2.24, 2.45) is 5.41 Å². The van der Waals surface area contributed by atoms with E-state index in [4.69, 9.17) is 0 Å². The Morgan fingerprint density at radius 3 is 2.25 bits per heavy atom. The predicted molar refractivity (Wildman–Crippen MR) is 123 cm³/mol. The molecular formula is C26H26N4O2. The maximum Gasteiger partial charge on any atom is 0.253 e. The Morgan fingerprint density at radius 1 is 0.969 bits per heavy atom. The molecule has 2 aromatic carbocycles. The second-order valence-electron chi connectivity index (χ2n) is 9.15. The fourth-order valence-corrected chi connectivity index (χ4v) is 4.80. The molecule has 2 amide bonds. The van der Waals surface area contributed by atoms with Crippen LogP contribution in [0.5, 0.6) is 0 Å². The molecule has 162 valence electrons. The molecule has 1 N–H and O–H groups in total. The van der Waals surface area contributed by atoms with Crippen LogP contribution in [0.3, 0.4) is 0 Å². The minimum atomic E-state index is -0.181. The van der Waals surface area contributed by atoms with Crippen molar-refractivity contribution in [3.63, 3.8) is 0 Å². The first-order chi connectivity index (χ1) is 15.5. The fourth-order valence-electron chi connectivity index (χ4n) is 4.80. The molecule has 2 heterocycles. The van der Waals surface area contributed by atoms with Crippen LogP contribution < -0.4 is 0 Å². The molecule has 1 aliphatic carbocycles. The third-order valence-electron chi connectivity index (χ3n) is 7.09. The lowest BCUT2D eigenvalue weighted by Gasteiger charge is -2.43. The van der Waals surface area contributed by atoms with Gasteiger partial charge >= 0.3 is 0 Å². The Bertz CT molecular complexity index is 1220. The first-order valence-electron chi connectivity index (χ1n) is 11.2. The standard InChI is InChI=1S/C26H26N4O2/c1-26(9-2-10-26)25(32)30-13-11-29(12-14-30)24(31)19-5-3-18(4-6-19)20-7-8-23-22(15-20)21(16-27)17-28-23/h3-8,15,17,28H,2,9-14H2,1H3. The van der Waals surface area contributed by atoms with Crippen LogP contribution in [0.2, 0.25) is 0 Å². The first kappa shape index (κ1) is 20.3. The van der Waals surface area contributed by atoms with E-state index < -0.39 is 0 Å². The van der Waals surface area contributed by atoms with Gasteiger partial charge in [-0.2, -0.15) is 5.26 Å². The normalized spacial score (nSPS) is 17.6. The summed E-state index contributed by atoms with van der Waals surface area (Å²) in [7, 11) is 0. The zero-order valence-electron chi connectivity index (χ0n) is 18.2. The van der Waals surface area contributed by atoms with Crippen molar-refractivity contribution in [3.05, 3.63) is 59.8 Å². The number of H-pyrrole nitrogens is 1. The molecule has 5 rings (SSSR count). The summed E-state index contributed by atoms with van der Waals surface area (Å²) in [4.78, 5) is 32.6. The third kappa shape index (κ3) is 3.44. The minimum absolute atomic E-state index is 0.00589. The summed E-state index contributed by atoms with van der Waals surface area (Å²) < 4.78 is 0. The van der Waals surface area contributed by atoms with Crippen molar-refractivity contribution in [3.8, 4) is 17.2 Å². The largest absolute Gasteiger partial charge is 0.360 e. The summed E-state index contributed by atoms with van der Waals surface area (Å²) in [6.45, 7) is 4.42. The van der Waals surface area contributed by atoms with Crippen LogP contribution in [0.4, 0.5) is 0 Å². The van der Waals surface area contributed by atoms with E-state index in [1.807, 2.05) is 52.3 Å². The number of nitrogens with one attached hydrogen (secondary N) is 1. The number of nitriles is 1. The summed E-state index contributed by atoms with van der Waals surface area (Å²) in [5.41, 5.74) is 4.03. The average Bonchev–Trinajstić information content (AvgIpc) is 3.24. The van der Waals surface area contributed by atoms with Crippen molar-refractivity contribution in [2.45, 2.75) is 26.2 Å². The van der Waals surface area contributed by atoms with Crippen molar-refractivity contribution >= 4 is 22.7 Å². The summed E-state index contributed by atoms with van der Waals surface area (Å²) in [6.07, 6.45) is 4.81. The van der Waals surface area contributed by atoms with Gasteiger partial charge in [-0.05, 0) is 48.2 Å². The van der Waals surface area contributed by atoms with Crippen LogP contribution in [0, 0.1) is 16.7 Å². The van der Waals surface area contributed by atoms with Gasteiger partial charge in [0.25, 0.3) is 5.91 Å². The molecule has 1 saturated carbocycles. The molecule has 0 atom stereocenters. The molecule has 1 aliphatic heterocycles. The fraction of sp³-hybridized carbons (Fsp3) is 0.346. The molecule has 6 heteroatoms. The Labute approximate surface area is 187 Å². The number of carbonyl (C=O) groups excluding carboxylic acids is 2. The number of carbonyl (C=O) groups is 2. The average molecular weight is 427 g/mol. The molecule has 3 aromatic rings. The van der Waals surface area contributed by atoms with E-state index in [1.54, 1.807) is 6.20 Å². The van der Waals surface area contributed by atoms with Crippen LogP contribution in [0.25, 0.3) is 22.0 Å². The highest BCUT2D eigenvalue weighted by Crippen LogP contribution is 2.42. The van der Waals surface area contributed by atoms with Gasteiger partial charge in [0.05, 0.1) is 5.56 Å². The maximum absolute atomic E-state index is 13.0. The number of benzene rings is 2. The molecule has 1 aromatic heterocycles. The number of hydrogen-bond acceptors (Lipinski definition) is 3. The smallest absolute Gasteiger partial charge is 0.253 e. The highest BCUT2D eigenvalue weighted by atomic mass is 16.2. The molecule has 1 saturated heterocycles. The van der Waals surface area contributed by atoms with E-state index >= 15 is 0 Å². The molecule has 0 spiro atoms. The second-order valence-corrected chi connectivity index (χ2v) is 9.15. The van der Waals surface area contributed by atoms with Gasteiger partial charge in [0.1, 0.15) is 6.07 Å². The Balaban J connectivity index is 1.26. The van der Waals surface area contributed by atoms with E-state index in [0.29, 0.717) is 37.3 Å². The minimum Gasteiger partial charge on any atom is -0.360 e. The van der Waals surface area contributed by atoms with Gasteiger partial charge in [-0.1, -0.05) is 31.5 Å². The lowest BCUT2D eigenvalue weighted by Crippen LogP contribution is -2.55. The van der Waals surface area contributed by atoms with E-state index in [9.17, 15) is 14.9 Å². The van der Waals surface area contributed by atoms with Crippen LogP contribution in [-0.4, -0.2) is 52.8 Å². The van der Waals surface area contributed by atoms with Gasteiger partial charge in [0.15, 0.2) is 0 Å². The molecule has 0 bridgehead atoms. The zero-order chi connectivity index (χ0) is 22.3. The lowest BCUT2D eigenvalue weighted by molar-refractivity contribution is -0.147. The van der Waals surface area contributed by atoms with E-state index in [0.717, 1.165) is 41.3 Å². The highest BCUT2D eigenvalue weighted by Gasteiger charge is 2.42. The summed E-state index contributed by atoms with van der Waals surface area (Å²) in [5.74, 6) is 0.255. The number of nitrogens with zero attached hydrogens (tertiary/aromatic N) is 3. The number of amides is 2. The highest BCUT2D eigenvalue weighted by molar-refractivity contribution is 5.95. The van der Waals surface area contributed by atoms with Crippen LogP contribution in [0.1, 0.15) is 42.1 Å². The van der Waals surface area contributed by atoms with E-state index in [2.05, 4.69) is 18.0 Å². The number of piperazine rings is 1. The lowest BCUT2D eigenvalue weighted by atomic mass is 9.69. The van der Waals surface area contributed by atoms with Crippen molar-refractivity contribution in [1.29, 1.82) is 5.26 Å². The molecule has 32 heavy (non-hydrogen) atoms. The van der Waals surface area contributed by atoms with Crippen LogP contribution in [0.15, 0.2) is 48.7 Å². The third-order valence-corrected chi connectivity index (χ3v) is 7.09. The summed E-state index contributed by atoms with van der Waals surface area (Å²) in [5, 5.41) is 10.2. The van der Waals surface area contributed by atoms with Gasteiger partial charge in [-0.3, -0.25) is 9.59 Å². The van der Waals surface area contributed by atoms with E-state index in [1.165, 1.54) is 0 Å². The predicted octanol–water partition coefficient (Wildman–Crippen LogP) is 4.18.